The lowest BCUT2D eigenvalue weighted by Crippen LogP contribution is -2.28. The standard InChI is InChI=1S/C15H23N3/c1-15(2,3)10-11(16)9-13-12-7-5-6-8-14(12)18(4)17-13/h5-8,11H,9-10,16H2,1-4H3. The molecule has 1 atom stereocenters. The zero-order chi connectivity index (χ0) is 13.3. The van der Waals surface area contributed by atoms with E-state index in [4.69, 9.17) is 5.73 Å². The molecular weight excluding hydrogens is 222 g/mol. The maximum atomic E-state index is 6.24. The van der Waals surface area contributed by atoms with Gasteiger partial charge in [-0.2, -0.15) is 5.10 Å². The number of nitrogens with two attached hydrogens (primary N) is 1. The highest BCUT2D eigenvalue weighted by molar-refractivity contribution is 5.81. The van der Waals surface area contributed by atoms with Gasteiger partial charge >= 0.3 is 0 Å². The third kappa shape index (κ3) is 2.91. The number of aromatic nitrogens is 2. The molecule has 1 heterocycles. The summed E-state index contributed by atoms with van der Waals surface area (Å²) >= 11 is 0. The molecule has 3 heteroatoms. The summed E-state index contributed by atoms with van der Waals surface area (Å²) in [5.74, 6) is 0. The summed E-state index contributed by atoms with van der Waals surface area (Å²) in [6.07, 6.45) is 1.86. The maximum absolute atomic E-state index is 6.24. The van der Waals surface area contributed by atoms with Crippen molar-refractivity contribution >= 4 is 10.9 Å². The van der Waals surface area contributed by atoms with E-state index in [1.165, 1.54) is 10.9 Å². The van der Waals surface area contributed by atoms with Crippen molar-refractivity contribution in [2.45, 2.75) is 39.7 Å². The van der Waals surface area contributed by atoms with Crippen LogP contribution in [0.25, 0.3) is 10.9 Å². The Morgan fingerprint density at radius 2 is 1.94 bits per heavy atom. The molecule has 0 saturated carbocycles. The number of hydrogen-bond donors (Lipinski definition) is 1. The van der Waals surface area contributed by atoms with Crippen molar-refractivity contribution in [3.8, 4) is 0 Å². The molecular formula is C15H23N3. The van der Waals surface area contributed by atoms with E-state index in [0.29, 0.717) is 0 Å². The third-order valence-electron chi connectivity index (χ3n) is 3.16. The average Bonchev–Trinajstić information content (AvgIpc) is 2.54. The molecule has 0 aliphatic rings. The van der Waals surface area contributed by atoms with Gasteiger partial charge in [-0.25, -0.2) is 0 Å². The second kappa shape index (κ2) is 4.73. The van der Waals surface area contributed by atoms with E-state index in [0.717, 1.165) is 18.5 Å². The van der Waals surface area contributed by atoms with E-state index < -0.39 is 0 Å². The van der Waals surface area contributed by atoms with Crippen molar-refractivity contribution in [2.75, 3.05) is 0 Å². The highest BCUT2D eigenvalue weighted by Crippen LogP contribution is 2.24. The smallest absolute Gasteiger partial charge is 0.0718 e. The summed E-state index contributed by atoms with van der Waals surface area (Å²) in [5, 5.41) is 5.82. The molecule has 2 aromatic rings. The van der Waals surface area contributed by atoms with Gasteiger partial charge < -0.3 is 5.73 Å². The van der Waals surface area contributed by atoms with Crippen molar-refractivity contribution in [3.63, 3.8) is 0 Å². The average molecular weight is 245 g/mol. The van der Waals surface area contributed by atoms with E-state index in [-0.39, 0.29) is 11.5 Å². The van der Waals surface area contributed by atoms with Gasteiger partial charge in [0.15, 0.2) is 0 Å². The first-order valence-electron chi connectivity index (χ1n) is 6.53. The minimum atomic E-state index is 0.170. The first-order valence-corrected chi connectivity index (χ1v) is 6.53. The first-order chi connectivity index (χ1) is 8.37. The Labute approximate surface area is 109 Å². The second-order valence-electron chi connectivity index (χ2n) is 6.32. The SMILES string of the molecule is Cn1nc(CC(N)CC(C)(C)C)c2ccccc21. The van der Waals surface area contributed by atoms with Crippen LogP contribution >= 0.6 is 0 Å². The molecule has 0 radical (unpaired) electrons. The molecule has 0 aliphatic heterocycles. The summed E-state index contributed by atoms with van der Waals surface area (Å²) < 4.78 is 1.94. The van der Waals surface area contributed by atoms with E-state index in [9.17, 15) is 0 Å². The van der Waals surface area contributed by atoms with Crippen LogP contribution in [0.3, 0.4) is 0 Å². The highest BCUT2D eigenvalue weighted by Gasteiger charge is 2.18. The Kier molecular flexibility index (Phi) is 3.44. The largest absolute Gasteiger partial charge is 0.327 e. The quantitative estimate of drug-likeness (QED) is 0.903. The molecule has 18 heavy (non-hydrogen) atoms. The molecule has 0 aliphatic carbocycles. The van der Waals surface area contributed by atoms with Crippen LogP contribution in [0.1, 0.15) is 32.9 Å². The Bertz CT molecular complexity index is 534. The Balaban J connectivity index is 2.22. The van der Waals surface area contributed by atoms with E-state index in [1.54, 1.807) is 0 Å². The van der Waals surface area contributed by atoms with Crippen LogP contribution < -0.4 is 5.73 Å². The molecule has 1 aromatic carbocycles. The lowest BCUT2D eigenvalue weighted by molar-refractivity contribution is 0.337. The van der Waals surface area contributed by atoms with Gasteiger partial charge in [-0.1, -0.05) is 39.0 Å². The number of nitrogens with zero attached hydrogens (tertiary/aromatic N) is 2. The Hall–Kier alpha value is -1.35. The van der Waals surface area contributed by atoms with Crippen LogP contribution in [0.2, 0.25) is 0 Å². The molecule has 3 nitrogen and oxygen atoms in total. The summed E-state index contributed by atoms with van der Waals surface area (Å²) in [7, 11) is 1.99. The molecule has 2 rings (SSSR count). The van der Waals surface area contributed by atoms with Crippen molar-refractivity contribution < 1.29 is 0 Å². The maximum Gasteiger partial charge on any atom is 0.0718 e. The lowest BCUT2D eigenvalue weighted by atomic mass is 9.87. The molecule has 1 aromatic heterocycles. The molecule has 0 spiro atoms. The van der Waals surface area contributed by atoms with Crippen LogP contribution in [0.4, 0.5) is 0 Å². The molecule has 2 N–H and O–H groups in total. The molecule has 0 saturated heterocycles. The summed E-state index contributed by atoms with van der Waals surface area (Å²) in [6.45, 7) is 6.68. The third-order valence-corrected chi connectivity index (χ3v) is 3.16. The van der Waals surface area contributed by atoms with Crippen LogP contribution in [-0.2, 0) is 13.5 Å². The fraction of sp³-hybridized carbons (Fsp3) is 0.533. The zero-order valence-electron chi connectivity index (χ0n) is 11.8. The van der Waals surface area contributed by atoms with Crippen molar-refractivity contribution in [2.24, 2.45) is 18.2 Å². The lowest BCUT2D eigenvalue weighted by Gasteiger charge is -2.22. The van der Waals surface area contributed by atoms with E-state index >= 15 is 0 Å². The van der Waals surface area contributed by atoms with Crippen LogP contribution in [-0.4, -0.2) is 15.8 Å². The molecule has 98 valence electrons. The zero-order valence-corrected chi connectivity index (χ0v) is 11.8. The fourth-order valence-corrected chi connectivity index (χ4v) is 2.55. The highest BCUT2D eigenvalue weighted by atomic mass is 15.3. The van der Waals surface area contributed by atoms with Gasteiger partial charge in [-0.15, -0.1) is 0 Å². The number of para-hydroxylation sites is 1. The number of fused-ring (bicyclic) bond motifs is 1. The molecule has 0 fully saturated rings. The predicted molar refractivity (Wildman–Crippen MR) is 76.5 cm³/mol. The topological polar surface area (TPSA) is 43.8 Å². The minimum absolute atomic E-state index is 0.170. The van der Waals surface area contributed by atoms with Crippen LogP contribution in [0, 0.1) is 5.41 Å². The summed E-state index contributed by atoms with van der Waals surface area (Å²) in [5.41, 5.74) is 8.80. The van der Waals surface area contributed by atoms with Gasteiger partial charge in [-0.05, 0) is 17.9 Å². The van der Waals surface area contributed by atoms with Crippen LogP contribution in [0.5, 0.6) is 0 Å². The summed E-state index contributed by atoms with van der Waals surface area (Å²) in [4.78, 5) is 0. The number of hydrogen-bond acceptors (Lipinski definition) is 2. The molecule has 0 amide bonds. The van der Waals surface area contributed by atoms with Crippen molar-refractivity contribution in [1.29, 1.82) is 0 Å². The Morgan fingerprint density at radius 1 is 1.28 bits per heavy atom. The van der Waals surface area contributed by atoms with Gasteiger partial charge in [0.25, 0.3) is 0 Å². The van der Waals surface area contributed by atoms with Gasteiger partial charge in [0.05, 0.1) is 11.2 Å². The molecule has 1 unspecified atom stereocenters. The van der Waals surface area contributed by atoms with Gasteiger partial charge in [-0.3, -0.25) is 4.68 Å². The summed E-state index contributed by atoms with van der Waals surface area (Å²) in [6, 6.07) is 8.50. The number of rotatable bonds is 3. The molecule has 0 bridgehead atoms. The second-order valence-corrected chi connectivity index (χ2v) is 6.32. The van der Waals surface area contributed by atoms with Gasteiger partial charge in [0.1, 0.15) is 0 Å². The van der Waals surface area contributed by atoms with Crippen molar-refractivity contribution in [1.82, 2.24) is 9.78 Å². The van der Waals surface area contributed by atoms with Crippen LogP contribution in [0.15, 0.2) is 24.3 Å². The van der Waals surface area contributed by atoms with Crippen molar-refractivity contribution in [3.05, 3.63) is 30.0 Å². The fourth-order valence-electron chi connectivity index (χ4n) is 2.55. The predicted octanol–water partition coefficient (Wildman–Crippen LogP) is 2.88. The van der Waals surface area contributed by atoms with E-state index in [2.05, 4.69) is 44.1 Å². The first kappa shape index (κ1) is 13.1. The number of benzene rings is 1. The minimum Gasteiger partial charge on any atom is -0.327 e. The van der Waals surface area contributed by atoms with Gasteiger partial charge in [0.2, 0.25) is 0 Å². The van der Waals surface area contributed by atoms with Gasteiger partial charge in [0, 0.05) is 24.9 Å². The normalized spacial score (nSPS) is 14.1. The monoisotopic (exact) mass is 245 g/mol. The number of aryl methyl sites for hydroxylation is 1. The Morgan fingerprint density at radius 3 is 2.61 bits per heavy atom. The van der Waals surface area contributed by atoms with E-state index in [1.807, 2.05) is 17.8 Å².